The molecule has 0 aromatic carbocycles. The summed E-state index contributed by atoms with van der Waals surface area (Å²) in [5.74, 6) is 1.87. The predicted molar refractivity (Wildman–Crippen MR) is 82.3 cm³/mol. The molecule has 4 nitrogen and oxygen atoms in total. The highest BCUT2D eigenvalue weighted by Gasteiger charge is 2.38. The lowest BCUT2D eigenvalue weighted by Gasteiger charge is -2.50. The predicted octanol–water partition coefficient (Wildman–Crippen LogP) is 1.22. The fraction of sp³-hybridized carbons (Fsp3) is 0.929. The van der Waals surface area contributed by atoms with Crippen molar-refractivity contribution >= 4 is 17.3 Å². The quantitative estimate of drug-likeness (QED) is 0.567. The largest absolute Gasteiger partial charge is 0.383 e. The third-order valence-electron chi connectivity index (χ3n) is 4.63. The smallest absolute Gasteiger partial charge is 0.166 e. The lowest BCUT2D eigenvalue weighted by atomic mass is 9.74. The first-order valence-corrected chi connectivity index (χ1v) is 7.90. The zero-order chi connectivity index (χ0) is 13.7. The summed E-state index contributed by atoms with van der Waals surface area (Å²) < 4.78 is 4.99. The fourth-order valence-corrected chi connectivity index (χ4v) is 3.65. The molecule has 3 rings (SSSR count). The third-order valence-corrected chi connectivity index (χ3v) is 4.92. The van der Waals surface area contributed by atoms with E-state index >= 15 is 0 Å². The van der Waals surface area contributed by atoms with E-state index in [0.29, 0.717) is 12.6 Å². The molecule has 0 radical (unpaired) electrons. The van der Waals surface area contributed by atoms with Crippen LogP contribution in [0, 0.1) is 11.8 Å². The Morgan fingerprint density at radius 1 is 1.42 bits per heavy atom. The Morgan fingerprint density at radius 2 is 2.26 bits per heavy atom. The molecule has 3 saturated heterocycles. The van der Waals surface area contributed by atoms with Crippen molar-refractivity contribution < 1.29 is 4.74 Å². The van der Waals surface area contributed by atoms with Gasteiger partial charge in [0.05, 0.1) is 6.61 Å². The molecule has 3 fully saturated rings. The second kappa shape index (κ2) is 7.41. The molecular weight excluding hydrogens is 258 g/mol. The minimum atomic E-state index is 0.670. The van der Waals surface area contributed by atoms with Crippen molar-refractivity contribution in [2.24, 2.45) is 11.8 Å². The summed E-state index contributed by atoms with van der Waals surface area (Å²) in [7, 11) is 1.70. The number of nitrogens with zero attached hydrogens (tertiary/aromatic N) is 1. The summed E-state index contributed by atoms with van der Waals surface area (Å²) in [6.45, 7) is 7.34. The summed E-state index contributed by atoms with van der Waals surface area (Å²) in [6.07, 6.45) is 4.07. The van der Waals surface area contributed by atoms with Crippen LogP contribution in [-0.4, -0.2) is 55.9 Å². The summed E-state index contributed by atoms with van der Waals surface area (Å²) >= 11 is 5.27. The van der Waals surface area contributed by atoms with Crippen molar-refractivity contribution in [3.63, 3.8) is 0 Å². The van der Waals surface area contributed by atoms with Crippen LogP contribution in [0.1, 0.15) is 26.2 Å². The Labute approximate surface area is 122 Å². The third kappa shape index (κ3) is 4.04. The first-order chi connectivity index (χ1) is 9.24. The number of hydrogen-bond acceptors (Lipinski definition) is 3. The normalized spacial score (nSPS) is 33.2. The minimum Gasteiger partial charge on any atom is -0.383 e. The molecule has 110 valence electrons. The Balaban J connectivity index is 1.68. The van der Waals surface area contributed by atoms with Gasteiger partial charge < -0.3 is 15.4 Å². The van der Waals surface area contributed by atoms with Crippen molar-refractivity contribution in [3.8, 4) is 0 Å². The van der Waals surface area contributed by atoms with Gasteiger partial charge in [0.1, 0.15) is 0 Å². The number of methoxy groups -OCH3 is 1. The van der Waals surface area contributed by atoms with Crippen LogP contribution >= 0.6 is 12.2 Å². The van der Waals surface area contributed by atoms with Gasteiger partial charge >= 0.3 is 0 Å². The average molecular weight is 285 g/mol. The molecule has 0 saturated carbocycles. The van der Waals surface area contributed by atoms with Gasteiger partial charge in [-0.2, -0.15) is 0 Å². The van der Waals surface area contributed by atoms with Gasteiger partial charge in [-0.15, -0.1) is 0 Å². The van der Waals surface area contributed by atoms with Crippen molar-refractivity contribution in [3.05, 3.63) is 0 Å². The fourth-order valence-electron chi connectivity index (χ4n) is 3.46. The van der Waals surface area contributed by atoms with Crippen LogP contribution in [0.15, 0.2) is 0 Å². The highest BCUT2D eigenvalue weighted by molar-refractivity contribution is 7.80. The molecule has 0 amide bonds. The average Bonchev–Trinajstić information content (AvgIpc) is 2.46. The van der Waals surface area contributed by atoms with Crippen LogP contribution < -0.4 is 10.6 Å². The van der Waals surface area contributed by atoms with E-state index in [1.165, 1.54) is 32.4 Å². The molecule has 19 heavy (non-hydrogen) atoms. The first kappa shape index (κ1) is 15.0. The van der Waals surface area contributed by atoms with E-state index < -0.39 is 0 Å². The van der Waals surface area contributed by atoms with Crippen LogP contribution in [0.5, 0.6) is 0 Å². The van der Waals surface area contributed by atoms with Gasteiger partial charge in [-0.25, -0.2) is 0 Å². The number of hydrogen-bond donors (Lipinski definition) is 2. The number of fused-ring (bicyclic) bond motifs is 3. The van der Waals surface area contributed by atoms with Gasteiger partial charge in [-0.05, 0) is 43.4 Å². The van der Waals surface area contributed by atoms with E-state index in [9.17, 15) is 0 Å². The molecule has 2 N–H and O–H groups in total. The second-order valence-corrected chi connectivity index (χ2v) is 6.14. The van der Waals surface area contributed by atoms with Crippen LogP contribution in [0.25, 0.3) is 0 Å². The van der Waals surface area contributed by atoms with Crippen molar-refractivity contribution in [1.82, 2.24) is 15.5 Å². The maximum Gasteiger partial charge on any atom is 0.166 e. The summed E-state index contributed by atoms with van der Waals surface area (Å²) in [6, 6.07) is 0.670. The second-order valence-electron chi connectivity index (χ2n) is 5.73. The monoisotopic (exact) mass is 285 g/mol. The van der Waals surface area contributed by atoms with Crippen molar-refractivity contribution in [2.75, 3.05) is 39.9 Å². The molecule has 1 unspecified atom stereocenters. The molecule has 0 aromatic rings. The van der Waals surface area contributed by atoms with E-state index in [1.807, 2.05) is 0 Å². The lowest BCUT2D eigenvalue weighted by Crippen LogP contribution is -2.57. The van der Waals surface area contributed by atoms with Gasteiger partial charge in [0.15, 0.2) is 5.11 Å². The zero-order valence-electron chi connectivity index (χ0n) is 12.2. The summed E-state index contributed by atoms with van der Waals surface area (Å²) in [5.41, 5.74) is 0. The van der Waals surface area contributed by atoms with E-state index in [0.717, 1.165) is 30.0 Å². The van der Waals surface area contributed by atoms with Crippen LogP contribution in [0.3, 0.4) is 0 Å². The lowest BCUT2D eigenvalue weighted by molar-refractivity contribution is 0.00205. The molecule has 0 spiro atoms. The van der Waals surface area contributed by atoms with Crippen molar-refractivity contribution in [1.29, 1.82) is 0 Å². The molecule has 2 bridgehead atoms. The Morgan fingerprint density at radius 3 is 2.89 bits per heavy atom. The van der Waals surface area contributed by atoms with Crippen LogP contribution in [0.4, 0.5) is 0 Å². The van der Waals surface area contributed by atoms with Gasteiger partial charge in [-0.3, -0.25) is 4.90 Å². The number of nitrogens with one attached hydrogen (secondary N) is 2. The molecule has 3 aliphatic heterocycles. The van der Waals surface area contributed by atoms with Gasteiger partial charge in [0.2, 0.25) is 0 Å². The van der Waals surface area contributed by atoms with Gasteiger partial charge in [0.25, 0.3) is 0 Å². The Hall–Kier alpha value is -0.390. The standard InChI is InChI=1S/C14H27N3OS/c1-3-11-10-17-6-4-12(11)8-13(17)9-16-14(19)15-5-7-18-2/h11-13H,3-10H2,1-2H3,(H2,15,16,19)/t11-,12-,13+/m0/s1. The van der Waals surface area contributed by atoms with E-state index in [1.54, 1.807) is 7.11 Å². The Bertz CT molecular complexity index is 300. The number of piperidine rings is 3. The highest BCUT2D eigenvalue weighted by Crippen LogP contribution is 2.37. The number of ether oxygens (including phenoxy) is 1. The molecule has 0 aliphatic carbocycles. The Kier molecular flexibility index (Phi) is 5.85. The van der Waals surface area contributed by atoms with Crippen molar-refractivity contribution in [2.45, 2.75) is 32.2 Å². The molecular formula is C14H27N3OS. The van der Waals surface area contributed by atoms with E-state index in [-0.39, 0.29) is 0 Å². The first-order valence-electron chi connectivity index (χ1n) is 7.49. The maximum atomic E-state index is 5.27. The minimum absolute atomic E-state index is 0.670. The maximum absolute atomic E-state index is 5.27. The zero-order valence-corrected chi connectivity index (χ0v) is 13.0. The number of rotatable bonds is 6. The molecule has 3 aliphatic rings. The highest BCUT2D eigenvalue weighted by atomic mass is 32.1. The van der Waals surface area contributed by atoms with Gasteiger partial charge in [0, 0.05) is 32.8 Å². The van der Waals surface area contributed by atoms with E-state index in [2.05, 4.69) is 22.5 Å². The summed E-state index contributed by atoms with van der Waals surface area (Å²) in [5, 5.41) is 7.27. The number of thiocarbonyl (C=S) groups is 1. The van der Waals surface area contributed by atoms with Crippen LogP contribution in [-0.2, 0) is 4.74 Å². The SMILES string of the molecule is CC[C@H]1CN2CC[C@H]1C[C@@H]2CNC(=S)NCCOC. The molecule has 0 aromatic heterocycles. The van der Waals surface area contributed by atoms with Crippen LogP contribution in [0.2, 0.25) is 0 Å². The molecule has 4 atom stereocenters. The molecule has 5 heteroatoms. The van der Waals surface area contributed by atoms with Gasteiger partial charge in [-0.1, -0.05) is 13.3 Å². The molecule has 3 heterocycles. The topological polar surface area (TPSA) is 36.5 Å². The summed E-state index contributed by atoms with van der Waals surface area (Å²) in [4.78, 5) is 2.65. The van der Waals surface area contributed by atoms with E-state index in [4.69, 9.17) is 17.0 Å².